The van der Waals surface area contributed by atoms with Crippen molar-refractivity contribution in [2.24, 2.45) is 0 Å². The molecule has 0 aliphatic carbocycles. The van der Waals surface area contributed by atoms with E-state index in [9.17, 15) is 14.4 Å². The maximum absolute atomic E-state index is 12.7. The molecule has 9 nitrogen and oxygen atoms in total. The number of hydroxylamine groups is 1. The van der Waals surface area contributed by atoms with Crippen LogP contribution in [0.5, 0.6) is 0 Å². The van der Waals surface area contributed by atoms with Crippen LogP contribution in [-0.4, -0.2) is 52.6 Å². The number of nitrogens with zero attached hydrogens (tertiary/aromatic N) is 2. The van der Waals surface area contributed by atoms with Gasteiger partial charge < -0.3 is 14.7 Å². The van der Waals surface area contributed by atoms with E-state index in [0.29, 0.717) is 11.5 Å². The highest BCUT2D eigenvalue weighted by molar-refractivity contribution is 6.12. The van der Waals surface area contributed by atoms with Crippen molar-refractivity contribution in [2.45, 2.75) is 19.4 Å². The number of nitrogens with one attached hydrogen (secondary N) is 2. The monoisotopic (exact) mass is 360 g/mol. The van der Waals surface area contributed by atoms with Gasteiger partial charge >= 0.3 is 0 Å². The lowest BCUT2D eigenvalue weighted by atomic mass is 9.96. The lowest BCUT2D eigenvalue weighted by Gasteiger charge is -2.34. The second kappa shape index (κ2) is 7.36. The molecule has 0 unspecified atom stereocenters. The van der Waals surface area contributed by atoms with Crippen LogP contribution in [-0.2, 0) is 9.59 Å². The normalized spacial score (nSPS) is 12.8. The van der Waals surface area contributed by atoms with E-state index in [2.05, 4.69) is 10.5 Å². The van der Waals surface area contributed by atoms with Gasteiger partial charge in [-0.1, -0.05) is 17.3 Å². The van der Waals surface area contributed by atoms with Crippen LogP contribution in [0.3, 0.4) is 0 Å². The molecule has 0 fully saturated rings. The highest BCUT2D eigenvalue weighted by Crippen LogP contribution is 2.22. The summed E-state index contributed by atoms with van der Waals surface area (Å²) < 4.78 is 5.02. The van der Waals surface area contributed by atoms with Crippen LogP contribution in [0.1, 0.15) is 23.0 Å². The molecule has 26 heavy (non-hydrogen) atoms. The summed E-state index contributed by atoms with van der Waals surface area (Å²) in [5.41, 5.74) is 1.14. The van der Waals surface area contributed by atoms with E-state index in [4.69, 9.17) is 9.73 Å². The highest BCUT2D eigenvalue weighted by atomic mass is 16.5. The van der Waals surface area contributed by atoms with Crippen LogP contribution in [0.4, 0.5) is 0 Å². The van der Waals surface area contributed by atoms with Gasteiger partial charge in [0, 0.05) is 31.3 Å². The van der Waals surface area contributed by atoms with Crippen molar-refractivity contribution in [3.8, 4) is 11.3 Å². The van der Waals surface area contributed by atoms with Crippen molar-refractivity contribution in [3.05, 3.63) is 41.7 Å². The van der Waals surface area contributed by atoms with Gasteiger partial charge in [-0.3, -0.25) is 19.6 Å². The Kier molecular flexibility index (Phi) is 5.41. The Morgan fingerprint density at radius 2 is 1.81 bits per heavy atom. The van der Waals surface area contributed by atoms with E-state index in [0.717, 1.165) is 10.5 Å². The molecule has 3 N–H and O–H groups in total. The van der Waals surface area contributed by atoms with Crippen molar-refractivity contribution in [3.63, 3.8) is 0 Å². The molecule has 9 heteroatoms. The van der Waals surface area contributed by atoms with E-state index in [1.165, 1.54) is 26.5 Å². The van der Waals surface area contributed by atoms with Gasteiger partial charge in [0.1, 0.15) is 11.5 Å². The van der Waals surface area contributed by atoms with Crippen molar-refractivity contribution >= 4 is 17.7 Å². The SMILES string of the molecule is CNC(=O)[C@@](C)(C(=O)NO)N(C)C(=O)c1ccc(-c2cc(C)on2)cc1. The fourth-order valence-electron chi connectivity index (χ4n) is 2.44. The molecule has 3 amide bonds. The van der Waals surface area contributed by atoms with Gasteiger partial charge in [0.05, 0.1) is 0 Å². The molecule has 0 radical (unpaired) electrons. The first kappa shape index (κ1) is 19.1. The second-order valence-corrected chi connectivity index (χ2v) is 5.86. The van der Waals surface area contributed by atoms with E-state index in [1.54, 1.807) is 37.3 Å². The van der Waals surface area contributed by atoms with E-state index in [1.807, 2.05) is 0 Å². The van der Waals surface area contributed by atoms with Crippen LogP contribution in [0.25, 0.3) is 11.3 Å². The summed E-state index contributed by atoms with van der Waals surface area (Å²) in [6.07, 6.45) is 0. The largest absolute Gasteiger partial charge is 0.361 e. The molecule has 0 aliphatic rings. The zero-order valence-corrected chi connectivity index (χ0v) is 14.9. The van der Waals surface area contributed by atoms with Crippen LogP contribution in [0.2, 0.25) is 0 Å². The zero-order chi connectivity index (χ0) is 19.5. The van der Waals surface area contributed by atoms with Gasteiger partial charge in [0.2, 0.25) is 0 Å². The first-order chi connectivity index (χ1) is 12.2. The van der Waals surface area contributed by atoms with Crippen LogP contribution in [0.15, 0.2) is 34.9 Å². The highest BCUT2D eigenvalue weighted by Gasteiger charge is 2.47. The summed E-state index contributed by atoms with van der Waals surface area (Å²) in [5.74, 6) is -1.67. The topological polar surface area (TPSA) is 125 Å². The Bertz CT molecular complexity index is 812. The molecule has 1 atom stereocenters. The molecule has 2 aromatic rings. The maximum atomic E-state index is 12.7. The maximum Gasteiger partial charge on any atom is 0.278 e. The molecular formula is C17H20N4O5. The number of benzene rings is 1. The summed E-state index contributed by atoms with van der Waals surface area (Å²) in [6, 6.07) is 8.24. The van der Waals surface area contributed by atoms with Gasteiger partial charge in [0.25, 0.3) is 17.7 Å². The number of aromatic nitrogens is 1. The van der Waals surface area contributed by atoms with Gasteiger partial charge in [-0.25, -0.2) is 5.48 Å². The molecule has 0 saturated heterocycles. The fourth-order valence-corrected chi connectivity index (χ4v) is 2.44. The zero-order valence-electron chi connectivity index (χ0n) is 14.9. The summed E-state index contributed by atoms with van der Waals surface area (Å²) in [4.78, 5) is 37.9. The average Bonchev–Trinajstić information content (AvgIpc) is 3.11. The number of rotatable bonds is 5. The first-order valence-corrected chi connectivity index (χ1v) is 7.74. The number of hydrogen-bond donors (Lipinski definition) is 3. The lowest BCUT2D eigenvalue weighted by molar-refractivity contribution is -0.148. The Morgan fingerprint density at radius 1 is 1.19 bits per heavy atom. The van der Waals surface area contributed by atoms with Crippen molar-refractivity contribution < 1.29 is 24.1 Å². The molecule has 1 aromatic heterocycles. The van der Waals surface area contributed by atoms with Gasteiger partial charge in [-0.05, 0) is 26.0 Å². The van der Waals surface area contributed by atoms with Crippen molar-refractivity contribution in [1.82, 2.24) is 20.9 Å². The number of carbonyl (C=O) groups excluding carboxylic acids is 3. The molecule has 1 heterocycles. The summed E-state index contributed by atoms with van der Waals surface area (Å²) in [7, 11) is 2.64. The standard InChI is InChI=1S/C17H20N4O5/c1-10-9-13(20-26-10)11-5-7-12(8-6-11)14(22)21(4)17(2,15(23)18-3)16(24)19-25/h5-9,25H,1-4H3,(H,18,23)(H,19,24)/t17-/m0/s1. The Balaban J connectivity index is 2.31. The molecule has 0 bridgehead atoms. The average molecular weight is 360 g/mol. The Morgan fingerprint density at radius 3 is 2.27 bits per heavy atom. The van der Waals surface area contributed by atoms with Gasteiger partial charge in [-0.15, -0.1) is 0 Å². The molecule has 0 spiro atoms. The van der Waals surface area contributed by atoms with Crippen LogP contribution >= 0.6 is 0 Å². The summed E-state index contributed by atoms with van der Waals surface area (Å²) in [6.45, 7) is 3.01. The number of amides is 3. The van der Waals surface area contributed by atoms with Crippen molar-refractivity contribution in [1.29, 1.82) is 0 Å². The predicted octanol–water partition coefficient (Wildman–Crippen LogP) is 0.732. The van der Waals surface area contributed by atoms with Crippen molar-refractivity contribution in [2.75, 3.05) is 14.1 Å². The summed E-state index contributed by atoms with van der Waals surface area (Å²) in [5, 5.41) is 15.2. The minimum atomic E-state index is -1.93. The lowest BCUT2D eigenvalue weighted by Crippen LogP contribution is -2.64. The van der Waals surface area contributed by atoms with Gasteiger partial charge in [0.15, 0.2) is 5.54 Å². The molecular weight excluding hydrogens is 340 g/mol. The quantitative estimate of drug-likeness (QED) is 0.410. The molecule has 1 aromatic carbocycles. The first-order valence-electron chi connectivity index (χ1n) is 7.74. The van der Waals surface area contributed by atoms with Gasteiger partial charge in [-0.2, -0.15) is 0 Å². The van der Waals surface area contributed by atoms with Crippen LogP contribution < -0.4 is 10.8 Å². The third-order valence-electron chi connectivity index (χ3n) is 4.24. The number of aryl methyl sites for hydroxylation is 1. The molecule has 2 rings (SSSR count). The number of carbonyl (C=O) groups is 3. The van der Waals surface area contributed by atoms with E-state index >= 15 is 0 Å². The minimum absolute atomic E-state index is 0.261. The van der Waals surface area contributed by atoms with Crippen LogP contribution in [0, 0.1) is 6.92 Å². The number of likely N-dealkylation sites (N-methyl/N-ethyl adjacent to an activating group) is 2. The van der Waals surface area contributed by atoms with E-state index in [-0.39, 0.29) is 5.56 Å². The third-order valence-corrected chi connectivity index (χ3v) is 4.24. The molecule has 138 valence electrons. The summed E-state index contributed by atoms with van der Waals surface area (Å²) >= 11 is 0. The second-order valence-electron chi connectivity index (χ2n) is 5.86. The third kappa shape index (κ3) is 3.29. The molecule has 0 saturated carbocycles. The number of hydrogen-bond acceptors (Lipinski definition) is 6. The van der Waals surface area contributed by atoms with E-state index < -0.39 is 23.3 Å². The smallest absolute Gasteiger partial charge is 0.278 e. The predicted molar refractivity (Wildman–Crippen MR) is 91.2 cm³/mol. The fraction of sp³-hybridized carbons (Fsp3) is 0.294. The minimum Gasteiger partial charge on any atom is -0.361 e. The Hall–Kier alpha value is -3.20. The molecule has 0 aliphatic heterocycles. The Labute approximate surface area is 149 Å².